The second-order valence-electron chi connectivity index (χ2n) is 9.10. The molecule has 22 heavy (non-hydrogen) atoms. The van der Waals surface area contributed by atoms with Gasteiger partial charge in [-0.05, 0) is 79.4 Å². The lowest BCUT2D eigenvalue weighted by molar-refractivity contribution is -0.136. The molecule has 1 amide bonds. The number of carbonyl (C=O) groups excluding carboxylic acids is 1. The fraction of sp³-hybridized carbons (Fsp3) is 0.950. The van der Waals surface area contributed by atoms with Gasteiger partial charge in [-0.1, -0.05) is 28.2 Å². The Bertz CT molecular complexity index is 461. The van der Waals surface area contributed by atoms with E-state index in [-0.39, 0.29) is 7.43 Å². The summed E-state index contributed by atoms with van der Waals surface area (Å²) in [6.45, 7) is 7.58. The van der Waals surface area contributed by atoms with Crippen molar-refractivity contribution in [2.75, 3.05) is 0 Å². The highest BCUT2D eigenvalue weighted by atomic mass is 16.1. The predicted molar refractivity (Wildman–Crippen MR) is 91.4 cm³/mol. The average Bonchev–Trinajstić information content (AvgIpc) is 2.76. The van der Waals surface area contributed by atoms with Crippen molar-refractivity contribution in [3.8, 4) is 0 Å². The fourth-order valence-corrected chi connectivity index (χ4v) is 6.96. The van der Waals surface area contributed by atoms with Gasteiger partial charge in [-0.2, -0.15) is 0 Å². The van der Waals surface area contributed by atoms with E-state index in [1.54, 1.807) is 0 Å². The summed E-state index contributed by atoms with van der Waals surface area (Å²) in [6, 6.07) is 0.461. The Kier molecular flexibility index (Phi) is 3.89. The SMILES string of the molecule is C.CC1CCC2C3CCC4NC(=O)CC[C@]4(C)C3CC[C@]12C. The largest absolute Gasteiger partial charge is 0.353 e. The van der Waals surface area contributed by atoms with Gasteiger partial charge in [0.2, 0.25) is 5.91 Å². The minimum atomic E-state index is 0. The molecule has 7 atom stereocenters. The molecule has 0 bridgehead atoms. The van der Waals surface area contributed by atoms with E-state index in [9.17, 15) is 4.79 Å². The molecule has 1 heterocycles. The molecule has 1 saturated heterocycles. The standard InChI is InChI=1S/C19H31NO.CH4/c1-12-4-6-14-13-5-7-16-19(3,11-9-17(21)20-16)15(13)8-10-18(12,14)2;/h12-16H,4-11H2,1-3H3,(H,20,21);1H4/t12?,13?,14?,15?,16?,18-,19-;/m1./s1. The molecule has 0 radical (unpaired) electrons. The first-order chi connectivity index (χ1) is 9.95. The van der Waals surface area contributed by atoms with Crippen molar-refractivity contribution in [3.63, 3.8) is 0 Å². The van der Waals surface area contributed by atoms with Crippen LogP contribution in [0.1, 0.15) is 79.6 Å². The van der Waals surface area contributed by atoms with Gasteiger partial charge in [-0.3, -0.25) is 4.79 Å². The van der Waals surface area contributed by atoms with Gasteiger partial charge in [-0.25, -0.2) is 0 Å². The van der Waals surface area contributed by atoms with Gasteiger partial charge >= 0.3 is 0 Å². The number of amides is 1. The van der Waals surface area contributed by atoms with Crippen molar-refractivity contribution < 1.29 is 4.79 Å². The van der Waals surface area contributed by atoms with Crippen LogP contribution in [0.3, 0.4) is 0 Å². The van der Waals surface area contributed by atoms with Gasteiger partial charge in [0.25, 0.3) is 0 Å². The van der Waals surface area contributed by atoms with Crippen molar-refractivity contribution in [2.24, 2.45) is 34.5 Å². The quantitative estimate of drug-likeness (QED) is 0.685. The zero-order valence-corrected chi connectivity index (χ0v) is 14.0. The van der Waals surface area contributed by atoms with Crippen LogP contribution in [-0.4, -0.2) is 11.9 Å². The maximum Gasteiger partial charge on any atom is 0.220 e. The highest BCUT2D eigenvalue weighted by Crippen LogP contribution is 2.65. The molecular weight excluding hydrogens is 270 g/mol. The first-order valence-corrected chi connectivity index (χ1v) is 9.24. The topological polar surface area (TPSA) is 29.1 Å². The van der Waals surface area contributed by atoms with Crippen LogP contribution in [0.2, 0.25) is 0 Å². The fourth-order valence-electron chi connectivity index (χ4n) is 6.96. The van der Waals surface area contributed by atoms with Crippen molar-refractivity contribution in [1.29, 1.82) is 0 Å². The first-order valence-electron chi connectivity index (χ1n) is 9.24. The monoisotopic (exact) mass is 305 g/mol. The third-order valence-corrected chi connectivity index (χ3v) is 8.57. The number of carbonyl (C=O) groups is 1. The van der Waals surface area contributed by atoms with E-state index < -0.39 is 0 Å². The average molecular weight is 306 g/mol. The summed E-state index contributed by atoms with van der Waals surface area (Å²) in [6.07, 6.45) is 10.2. The van der Waals surface area contributed by atoms with Crippen molar-refractivity contribution in [2.45, 2.75) is 85.6 Å². The Morgan fingerprint density at radius 3 is 2.45 bits per heavy atom. The molecule has 126 valence electrons. The lowest BCUT2D eigenvalue weighted by Gasteiger charge is -2.60. The second-order valence-corrected chi connectivity index (χ2v) is 9.10. The van der Waals surface area contributed by atoms with E-state index in [0.29, 0.717) is 22.8 Å². The molecule has 2 nitrogen and oxygen atoms in total. The Morgan fingerprint density at radius 1 is 0.955 bits per heavy atom. The summed E-state index contributed by atoms with van der Waals surface area (Å²) in [5.74, 6) is 3.97. The predicted octanol–water partition coefficient (Wildman–Crippen LogP) is 4.78. The Labute approximate surface area is 136 Å². The third kappa shape index (κ3) is 2.01. The molecule has 1 N–H and O–H groups in total. The highest BCUT2D eigenvalue weighted by Gasteiger charge is 2.59. The summed E-state index contributed by atoms with van der Waals surface area (Å²) in [7, 11) is 0. The van der Waals surface area contributed by atoms with Gasteiger partial charge in [0.1, 0.15) is 0 Å². The van der Waals surface area contributed by atoms with Gasteiger partial charge in [0.15, 0.2) is 0 Å². The van der Waals surface area contributed by atoms with Gasteiger partial charge in [0, 0.05) is 12.5 Å². The van der Waals surface area contributed by atoms with Crippen LogP contribution in [-0.2, 0) is 4.79 Å². The Balaban J connectivity index is 0.00000144. The molecule has 4 rings (SSSR count). The zero-order valence-electron chi connectivity index (χ0n) is 14.0. The van der Waals surface area contributed by atoms with Gasteiger partial charge < -0.3 is 5.32 Å². The van der Waals surface area contributed by atoms with E-state index in [2.05, 4.69) is 26.1 Å². The van der Waals surface area contributed by atoms with Crippen LogP contribution in [0.25, 0.3) is 0 Å². The van der Waals surface area contributed by atoms with Crippen LogP contribution < -0.4 is 5.32 Å². The normalized spacial score (nSPS) is 53.6. The molecule has 5 unspecified atom stereocenters. The van der Waals surface area contributed by atoms with Crippen molar-refractivity contribution in [1.82, 2.24) is 5.32 Å². The Morgan fingerprint density at radius 2 is 1.68 bits per heavy atom. The molecule has 0 spiro atoms. The summed E-state index contributed by atoms with van der Waals surface area (Å²) in [4.78, 5) is 11.8. The number of rotatable bonds is 0. The van der Waals surface area contributed by atoms with E-state index in [0.717, 1.165) is 36.5 Å². The van der Waals surface area contributed by atoms with Gasteiger partial charge in [0.05, 0.1) is 0 Å². The zero-order chi connectivity index (χ0) is 14.8. The maximum atomic E-state index is 11.8. The molecule has 4 aliphatic rings. The van der Waals surface area contributed by atoms with Crippen molar-refractivity contribution in [3.05, 3.63) is 0 Å². The number of piperidine rings is 1. The van der Waals surface area contributed by atoms with E-state index >= 15 is 0 Å². The molecule has 4 fully saturated rings. The summed E-state index contributed by atoms with van der Waals surface area (Å²) < 4.78 is 0. The van der Waals surface area contributed by atoms with Crippen LogP contribution in [0, 0.1) is 34.5 Å². The second kappa shape index (κ2) is 5.24. The maximum absolute atomic E-state index is 11.8. The smallest absolute Gasteiger partial charge is 0.220 e. The summed E-state index contributed by atoms with van der Waals surface area (Å²) >= 11 is 0. The number of nitrogens with one attached hydrogen (secondary N) is 1. The van der Waals surface area contributed by atoms with Crippen LogP contribution in [0.15, 0.2) is 0 Å². The molecular formula is C20H35NO. The van der Waals surface area contributed by atoms with Crippen LogP contribution in [0.4, 0.5) is 0 Å². The van der Waals surface area contributed by atoms with E-state index in [4.69, 9.17) is 0 Å². The minimum absolute atomic E-state index is 0. The van der Waals surface area contributed by atoms with Crippen LogP contribution >= 0.6 is 0 Å². The number of hydrogen-bond donors (Lipinski definition) is 1. The summed E-state index contributed by atoms with van der Waals surface area (Å²) in [5.41, 5.74) is 0.992. The minimum Gasteiger partial charge on any atom is -0.353 e. The molecule has 3 saturated carbocycles. The molecule has 3 aliphatic carbocycles. The lowest BCUT2D eigenvalue weighted by Crippen LogP contribution is -2.60. The first kappa shape index (κ1) is 16.3. The van der Waals surface area contributed by atoms with E-state index in [1.165, 1.54) is 38.5 Å². The molecule has 0 aromatic rings. The third-order valence-electron chi connectivity index (χ3n) is 8.57. The van der Waals surface area contributed by atoms with Crippen LogP contribution in [0.5, 0.6) is 0 Å². The van der Waals surface area contributed by atoms with Gasteiger partial charge in [-0.15, -0.1) is 0 Å². The molecule has 2 heteroatoms. The number of fused-ring (bicyclic) bond motifs is 5. The molecule has 0 aromatic carbocycles. The van der Waals surface area contributed by atoms with Crippen molar-refractivity contribution >= 4 is 5.91 Å². The lowest BCUT2D eigenvalue weighted by atomic mass is 9.47. The highest BCUT2D eigenvalue weighted by molar-refractivity contribution is 5.77. The summed E-state index contributed by atoms with van der Waals surface area (Å²) in [5, 5.41) is 3.33. The molecule has 0 aromatic heterocycles. The van der Waals surface area contributed by atoms with E-state index in [1.807, 2.05) is 0 Å². The Hall–Kier alpha value is -0.530. The molecule has 1 aliphatic heterocycles. The number of hydrogen-bond acceptors (Lipinski definition) is 1.